The van der Waals surface area contributed by atoms with E-state index in [2.05, 4.69) is 10.4 Å². The lowest BCUT2D eigenvalue weighted by Gasteiger charge is -2.25. The maximum absolute atomic E-state index is 11.7. The molecule has 2 N–H and O–H groups in total. The van der Waals surface area contributed by atoms with E-state index >= 15 is 0 Å². The number of nitrogens with one attached hydrogen (secondary N) is 2. The standard InChI is InChI=1S/C9H14N4OS/c1-15(10,14)7-4-12-13-6-9(2-3-9)5-11-8(7)13/h4,10-11H,2-3,5-6H2,1H3. The number of anilines is 1. The number of fused-ring (bicyclic) bond motifs is 1. The molecule has 1 fully saturated rings. The molecule has 0 bridgehead atoms. The van der Waals surface area contributed by atoms with Crippen LogP contribution >= 0.6 is 0 Å². The second kappa shape index (κ2) is 2.55. The third kappa shape index (κ3) is 1.35. The molecule has 1 atom stereocenters. The first-order valence-corrected chi connectivity index (χ1v) is 7.00. The molecule has 3 rings (SSSR count). The molecule has 1 unspecified atom stereocenters. The van der Waals surface area contributed by atoms with Crippen LogP contribution in [0.1, 0.15) is 12.8 Å². The van der Waals surface area contributed by atoms with E-state index in [0.717, 1.165) is 18.9 Å². The monoisotopic (exact) mass is 226 g/mol. The van der Waals surface area contributed by atoms with Crippen molar-refractivity contribution in [2.45, 2.75) is 24.3 Å². The smallest absolute Gasteiger partial charge is 0.141 e. The van der Waals surface area contributed by atoms with Gasteiger partial charge in [-0.2, -0.15) is 5.10 Å². The molecule has 0 amide bonds. The highest BCUT2D eigenvalue weighted by molar-refractivity contribution is 7.91. The summed E-state index contributed by atoms with van der Waals surface area (Å²) in [5.74, 6) is 0.787. The van der Waals surface area contributed by atoms with E-state index in [1.54, 1.807) is 6.20 Å². The fourth-order valence-corrected chi connectivity index (χ4v) is 2.90. The fraction of sp³-hybridized carbons (Fsp3) is 0.667. The Balaban J connectivity index is 2.06. The van der Waals surface area contributed by atoms with Crippen LogP contribution in [0.5, 0.6) is 0 Å². The summed E-state index contributed by atoms with van der Waals surface area (Å²) in [6.45, 7) is 1.84. The van der Waals surface area contributed by atoms with Crippen LogP contribution in [-0.2, 0) is 16.3 Å². The lowest BCUT2D eigenvalue weighted by Crippen LogP contribution is -2.29. The summed E-state index contributed by atoms with van der Waals surface area (Å²) in [5, 5.41) is 7.49. The summed E-state index contributed by atoms with van der Waals surface area (Å²) in [7, 11) is -2.66. The van der Waals surface area contributed by atoms with Crippen LogP contribution in [0.15, 0.2) is 11.1 Å². The van der Waals surface area contributed by atoms with Crippen LogP contribution in [0.25, 0.3) is 0 Å². The fourth-order valence-electron chi connectivity index (χ4n) is 2.11. The van der Waals surface area contributed by atoms with E-state index in [-0.39, 0.29) is 0 Å². The largest absolute Gasteiger partial charge is 0.369 e. The van der Waals surface area contributed by atoms with E-state index in [1.165, 1.54) is 19.1 Å². The van der Waals surface area contributed by atoms with Crippen molar-refractivity contribution in [2.24, 2.45) is 5.41 Å². The zero-order chi connectivity index (χ0) is 10.7. The summed E-state index contributed by atoms with van der Waals surface area (Å²) >= 11 is 0. The SMILES string of the molecule is CS(=N)(=O)c1cnn2c1NCC1(CC1)C2. The average molecular weight is 226 g/mol. The van der Waals surface area contributed by atoms with E-state index in [4.69, 9.17) is 4.78 Å². The molecule has 1 saturated carbocycles. The first kappa shape index (κ1) is 9.21. The van der Waals surface area contributed by atoms with Gasteiger partial charge in [-0.3, -0.25) is 0 Å². The minimum atomic E-state index is -2.66. The maximum atomic E-state index is 11.7. The number of nitrogens with zero attached hydrogens (tertiary/aromatic N) is 2. The highest BCUT2D eigenvalue weighted by Gasteiger charge is 2.46. The molecular weight excluding hydrogens is 212 g/mol. The lowest BCUT2D eigenvalue weighted by molar-refractivity contribution is 0.394. The van der Waals surface area contributed by atoms with Crippen molar-refractivity contribution in [3.8, 4) is 0 Å². The summed E-state index contributed by atoms with van der Waals surface area (Å²) in [6.07, 6.45) is 5.50. The van der Waals surface area contributed by atoms with Crippen molar-refractivity contribution < 1.29 is 4.21 Å². The van der Waals surface area contributed by atoms with Gasteiger partial charge in [-0.25, -0.2) is 13.7 Å². The van der Waals surface area contributed by atoms with Gasteiger partial charge in [0.25, 0.3) is 0 Å². The van der Waals surface area contributed by atoms with Crippen LogP contribution in [0, 0.1) is 10.2 Å². The molecule has 5 nitrogen and oxygen atoms in total. The highest BCUT2D eigenvalue weighted by Crippen LogP contribution is 2.49. The van der Waals surface area contributed by atoms with Gasteiger partial charge < -0.3 is 5.32 Å². The summed E-state index contributed by atoms with van der Waals surface area (Å²) < 4.78 is 21.1. The molecule has 2 heterocycles. The van der Waals surface area contributed by atoms with Gasteiger partial charge in [-0.15, -0.1) is 0 Å². The van der Waals surface area contributed by atoms with Gasteiger partial charge in [0, 0.05) is 18.2 Å². The number of aromatic nitrogens is 2. The van der Waals surface area contributed by atoms with Crippen LogP contribution < -0.4 is 5.32 Å². The van der Waals surface area contributed by atoms with Crippen molar-refractivity contribution in [1.29, 1.82) is 4.78 Å². The van der Waals surface area contributed by atoms with Crippen LogP contribution in [0.3, 0.4) is 0 Å². The Kier molecular flexibility index (Phi) is 1.57. The molecule has 1 spiro atoms. The quantitative estimate of drug-likeness (QED) is 0.754. The average Bonchev–Trinajstić information content (AvgIpc) is 2.75. The molecule has 0 aromatic carbocycles. The first-order valence-electron chi connectivity index (χ1n) is 5.04. The van der Waals surface area contributed by atoms with Crippen molar-refractivity contribution in [1.82, 2.24) is 9.78 Å². The summed E-state index contributed by atoms with van der Waals surface area (Å²) in [5.41, 5.74) is 0.396. The topological polar surface area (TPSA) is 70.8 Å². The van der Waals surface area contributed by atoms with Crippen LogP contribution in [0.4, 0.5) is 5.82 Å². The Morgan fingerprint density at radius 3 is 3.00 bits per heavy atom. The van der Waals surface area contributed by atoms with Gasteiger partial charge in [-0.05, 0) is 12.8 Å². The van der Waals surface area contributed by atoms with Crippen molar-refractivity contribution >= 4 is 15.5 Å². The molecule has 6 heteroatoms. The van der Waals surface area contributed by atoms with E-state index < -0.39 is 9.73 Å². The Hall–Kier alpha value is -1.04. The molecule has 2 aliphatic rings. The predicted octanol–water partition coefficient (Wildman–Crippen LogP) is 1.12. The second-order valence-corrected chi connectivity index (χ2v) is 6.84. The molecule has 0 radical (unpaired) electrons. The lowest BCUT2D eigenvalue weighted by atomic mass is 10.1. The Bertz CT molecular complexity index is 512. The molecule has 82 valence electrons. The second-order valence-electron chi connectivity index (χ2n) is 4.71. The number of hydrogen-bond acceptors (Lipinski definition) is 4. The van der Waals surface area contributed by atoms with Crippen molar-refractivity contribution in [3.05, 3.63) is 6.20 Å². The zero-order valence-corrected chi connectivity index (χ0v) is 9.43. The third-order valence-corrected chi connectivity index (χ3v) is 4.44. The van der Waals surface area contributed by atoms with Gasteiger partial charge in [-0.1, -0.05) is 0 Å². The van der Waals surface area contributed by atoms with Crippen molar-refractivity contribution in [2.75, 3.05) is 18.1 Å². The number of hydrogen-bond donors (Lipinski definition) is 2. The first-order chi connectivity index (χ1) is 7.00. The number of rotatable bonds is 1. The molecule has 0 saturated heterocycles. The molecule has 1 aliphatic carbocycles. The molecule has 1 aliphatic heterocycles. The summed E-state index contributed by atoms with van der Waals surface area (Å²) in [6, 6.07) is 0. The van der Waals surface area contributed by atoms with Crippen molar-refractivity contribution in [3.63, 3.8) is 0 Å². The van der Waals surface area contributed by atoms with Gasteiger partial charge in [0.1, 0.15) is 10.7 Å². The van der Waals surface area contributed by atoms with E-state index in [9.17, 15) is 4.21 Å². The minimum absolute atomic E-state index is 0.396. The van der Waals surface area contributed by atoms with Gasteiger partial charge in [0.15, 0.2) is 0 Å². The minimum Gasteiger partial charge on any atom is -0.369 e. The maximum Gasteiger partial charge on any atom is 0.141 e. The Labute approximate surface area is 88.8 Å². The van der Waals surface area contributed by atoms with Gasteiger partial charge >= 0.3 is 0 Å². The van der Waals surface area contributed by atoms with Gasteiger partial charge in [0.2, 0.25) is 0 Å². The normalized spacial score (nSPS) is 25.4. The molecular formula is C9H14N4OS. The molecule has 1 aromatic heterocycles. The van der Waals surface area contributed by atoms with Gasteiger partial charge in [0.05, 0.1) is 22.5 Å². The highest BCUT2D eigenvalue weighted by atomic mass is 32.2. The summed E-state index contributed by atoms with van der Waals surface area (Å²) in [4.78, 5) is 0.540. The molecule has 15 heavy (non-hydrogen) atoms. The van der Waals surface area contributed by atoms with E-state index in [0.29, 0.717) is 10.3 Å². The predicted molar refractivity (Wildman–Crippen MR) is 57.4 cm³/mol. The molecule has 1 aromatic rings. The third-order valence-electron chi connectivity index (χ3n) is 3.30. The zero-order valence-electron chi connectivity index (χ0n) is 8.62. The Morgan fingerprint density at radius 2 is 2.40 bits per heavy atom. The Morgan fingerprint density at radius 1 is 1.67 bits per heavy atom. The van der Waals surface area contributed by atoms with Crippen LogP contribution in [0.2, 0.25) is 0 Å². The van der Waals surface area contributed by atoms with E-state index in [1.807, 2.05) is 4.68 Å². The van der Waals surface area contributed by atoms with Crippen LogP contribution in [-0.4, -0.2) is 26.8 Å².